The number of aldehydes is 1. The molecule has 1 aromatic carbocycles. The van der Waals surface area contributed by atoms with Crippen LogP contribution < -0.4 is 4.90 Å². The zero-order valence-corrected chi connectivity index (χ0v) is 10.0. The van der Waals surface area contributed by atoms with Gasteiger partial charge in [-0.05, 0) is 32.0 Å². The first-order chi connectivity index (χ1) is 8.11. The van der Waals surface area contributed by atoms with E-state index < -0.39 is 0 Å². The normalized spacial score (nSPS) is 24.8. The Balaban J connectivity index is 2.29. The highest BCUT2D eigenvalue weighted by atomic mass is 19.1. The van der Waals surface area contributed by atoms with Gasteiger partial charge in [-0.1, -0.05) is 0 Å². The molecular weight excluding hydrogens is 221 g/mol. The van der Waals surface area contributed by atoms with Crippen LogP contribution in [0.2, 0.25) is 0 Å². The molecule has 1 heterocycles. The fraction of sp³-hybridized carbons (Fsp3) is 0.462. The van der Waals surface area contributed by atoms with Crippen molar-refractivity contribution in [1.82, 2.24) is 0 Å². The lowest BCUT2D eigenvalue weighted by atomic mass is 10.1. The third kappa shape index (κ3) is 2.47. The average molecular weight is 237 g/mol. The summed E-state index contributed by atoms with van der Waals surface area (Å²) in [7, 11) is 0. The summed E-state index contributed by atoms with van der Waals surface area (Å²) in [4.78, 5) is 12.5. The van der Waals surface area contributed by atoms with E-state index in [1.807, 2.05) is 18.7 Å². The Labute approximate surface area is 100 Å². The molecule has 0 N–H and O–H groups in total. The molecule has 1 aromatic rings. The number of benzene rings is 1. The quantitative estimate of drug-likeness (QED) is 0.739. The Morgan fingerprint density at radius 3 is 2.88 bits per heavy atom. The van der Waals surface area contributed by atoms with Crippen LogP contribution >= 0.6 is 0 Å². The SMILES string of the molecule is CC1CN(c2ccc(C=O)cc2F)C(C)CO1. The maximum absolute atomic E-state index is 13.9. The second kappa shape index (κ2) is 4.84. The van der Waals surface area contributed by atoms with Crippen LogP contribution in [0.1, 0.15) is 24.2 Å². The molecule has 1 saturated heterocycles. The van der Waals surface area contributed by atoms with E-state index in [4.69, 9.17) is 4.74 Å². The molecule has 2 unspecified atom stereocenters. The van der Waals surface area contributed by atoms with Gasteiger partial charge in [-0.2, -0.15) is 0 Å². The summed E-state index contributed by atoms with van der Waals surface area (Å²) in [6.07, 6.45) is 0.745. The summed E-state index contributed by atoms with van der Waals surface area (Å²) in [5, 5.41) is 0. The van der Waals surface area contributed by atoms with Crippen molar-refractivity contribution < 1.29 is 13.9 Å². The average Bonchev–Trinajstić information content (AvgIpc) is 2.32. The third-order valence-electron chi connectivity index (χ3n) is 3.03. The second-order valence-electron chi connectivity index (χ2n) is 4.47. The standard InChI is InChI=1S/C13H16FNO2/c1-9-8-17-10(2)6-15(9)13-4-3-11(7-16)5-12(13)14/h3-5,7,9-10H,6,8H2,1-2H3. The van der Waals surface area contributed by atoms with Gasteiger partial charge in [0.1, 0.15) is 12.1 Å². The molecule has 1 aliphatic rings. The lowest BCUT2D eigenvalue weighted by Gasteiger charge is -2.38. The van der Waals surface area contributed by atoms with Gasteiger partial charge in [-0.25, -0.2) is 4.39 Å². The Hall–Kier alpha value is -1.42. The summed E-state index contributed by atoms with van der Waals surface area (Å²) in [5.41, 5.74) is 0.901. The number of hydrogen-bond donors (Lipinski definition) is 0. The van der Waals surface area contributed by atoms with Crippen molar-refractivity contribution in [3.05, 3.63) is 29.6 Å². The van der Waals surface area contributed by atoms with Gasteiger partial charge in [-0.15, -0.1) is 0 Å². The van der Waals surface area contributed by atoms with Crippen molar-refractivity contribution in [3.63, 3.8) is 0 Å². The smallest absolute Gasteiger partial charge is 0.150 e. The van der Waals surface area contributed by atoms with Crippen LogP contribution in [0.3, 0.4) is 0 Å². The topological polar surface area (TPSA) is 29.5 Å². The number of carbonyl (C=O) groups excluding carboxylic acids is 1. The molecular formula is C13H16FNO2. The Bertz CT molecular complexity index is 422. The minimum Gasteiger partial charge on any atom is -0.375 e. The lowest BCUT2D eigenvalue weighted by Crippen LogP contribution is -2.47. The van der Waals surface area contributed by atoms with Crippen LogP contribution in [0, 0.1) is 5.82 Å². The highest BCUT2D eigenvalue weighted by Gasteiger charge is 2.25. The maximum Gasteiger partial charge on any atom is 0.150 e. The van der Waals surface area contributed by atoms with Crippen molar-refractivity contribution >= 4 is 12.0 Å². The van der Waals surface area contributed by atoms with Crippen LogP contribution in [0.5, 0.6) is 0 Å². The molecule has 92 valence electrons. The van der Waals surface area contributed by atoms with E-state index in [2.05, 4.69) is 0 Å². The van der Waals surface area contributed by atoms with E-state index in [9.17, 15) is 9.18 Å². The predicted octanol–water partition coefficient (Wildman–Crippen LogP) is 2.25. The first-order valence-corrected chi connectivity index (χ1v) is 5.75. The summed E-state index contributed by atoms with van der Waals surface area (Å²) >= 11 is 0. The second-order valence-corrected chi connectivity index (χ2v) is 4.47. The predicted molar refractivity (Wildman–Crippen MR) is 64.0 cm³/mol. The summed E-state index contributed by atoms with van der Waals surface area (Å²) in [5.74, 6) is -0.351. The van der Waals surface area contributed by atoms with Gasteiger partial charge in [0.05, 0.1) is 18.4 Å². The number of hydrogen-bond acceptors (Lipinski definition) is 3. The van der Waals surface area contributed by atoms with E-state index in [-0.39, 0.29) is 18.0 Å². The fourth-order valence-electron chi connectivity index (χ4n) is 2.07. The van der Waals surface area contributed by atoms with Crippen LogP contribution in [0.4, 0.5) is 10.1 Å². The van der Waals surface area contributed by atoms with Gasteiger partial charge < -0.3 is 9.64 Å². The first kappa shape index (κ1) is 12.0. The Kier molecular flexibility index (Phi) is 3.43. The van der Waals surface area contributed by atoms with E-state index in [1.165, 1.54) is 6.07 Å². The van der Waals surface area contributed by atoms with Crippen molar-refractivity contribution in [2.24, 2.45) is 0 Å². The molecule has 4 heteroatoms. The van der Waals surface area contributed by atoms with E-state index in [0.717, 1.165) is 0 Å². The van der Waals surface area contributed by atoms with Crippen LogP contribution in [-0.2, 0) is 4.74 Å². The number of carbonyl (C=O) groups is 1. The lowest BCUT2D eigenvalue weighted by molar-refractivity contribution is 0.0341. The molecule has 1 fully saturated rings. The van der Waals surface area contributed by atoms with Crippen LogP contribution in [-0.4, -0.2) is 31.6 Å². The fourth-order valence-corrected chi connectivity index (χ4v) is 2.07. The van der Waals surface area contributed by atoms with Crippen LogP contribution in [0.25, 0.3) is 0 Å². The molecule has 17 heavy (non-hydrogen) atoms. The summed E-state index contributed by atoms with van der Waals surface area (Å²) < 4.78 is 19.4. The molecule has 1 aliphatic heterocycles. The van der Waals surface area contributed by atoms with Crippen molar-refractivity contribution in [3.8, 4) is 0 Å². The minimum atomic E-state index is -0.351. The number of rotatable bonds is 2. The third-order valence-corrected chi connectivity index (χ3v) is 3.03. The highest BCUT2D eigenvalue weighted by molar-refractivity contribution is 5.76. The molecule has 3 nitrogen and oxygen atoms in total. The van der Waals surface area contributed by atoms with Gasteiger partial charge in [0, 0.05) is 18.2 Å². The minimum absolute atomic E-state index is 0.0938. The first-order valence-electron chi connectivity index (χ1n) is 5.75. The molecule has 0 radical (unpaired) electrons. The number of anilines is 1. The Morgan fingerprint density at radius 1 is 1.47 bits per heavy atom. The number of ether oxygens (including phenoxy) is 1. The molecule has 0 amide bonds. The van der Waals surface area contributed by atoms with Gasteiger partial charge in [-0.3, -0.25) is 4.79 Å². The highest BCUT2D eigenvalue weighted by Crippen LogP contribution is 2.25. The molecule has 0 bridgehead atoms. The van der Waals surface area contributed by atoms with Gasteiger partial charge >= 0.3 is 0 Å². The number of halogens is 1. The molecule has 2 rings (SSSR count). The van der Waals surface area contributed by atoms with E-state index in [0.29, 0.717) is 30.7 Å². The molecule has 0 aromatic heterocycles. The van der Waals surface area contributed by atoms with Crippen molar-refractivity contribution in [2.45, 2.75) is 26.0 Å². The number of nitrogens with zero attached hydrogens (tertiary/aromatic N) is 1. The monoisotopic (exact) mass is 237 g/mol. The van der Waals surface area contributed by atoms with Crippen molar-refractivity contribution in [1.29, 1.82) is 0 Å². The van der Waals surface area contributed by atoms with Crippen molar-refractivity contribution in [2.75, 3.05) is 18.1 Å². The van der Waals surface area contributed by atoms with Crippen LogP contribution in [0.15, 0.2) is 18.2 Å². The van der Waals surface area contributed by atoms with Gasteiger partial charge in [0.2, 0.25) is 0 Å². The largest absolute Gasteiger partial charge is 0.375 e. The molecule has 2 atom stereocenters. The maximum atomic E-state index is 13.9. The van der Waals surface area contributed by atoms with E-state index >= 15 is 0 Å². The number of morpholine rings is 1. The summed E-state index contributed by atoms with van der Waals surface area (Å²) in [6.45, 7) is 5.23. The Morgan fingerprint density at radius 2 is 2.24 bits per heavy atom. The molecule has 0 aliphatic carbocycles. The zero-order chi connectivity index (χ0) is 12.4. The summed E-state index contributed by atoms with van der Waals surface area (Å²) in [6, 6.07) is 4.71. The zero-order valence-electron chi connectivity index (χ0n) is 10.0. The molecule has 0 saturated carbocycles. The molecule has 0 spiro atoms. The van der Waals surface area contributed by atoms with Gasteiger partial charge in [0.15, 0.2) is 0 Å². The van der Waals surface area contributed by atoms with E-state index in [1.54, 1.807) is 12.1 Å². The van der Waals surface area contributed by atoms with Gasteiger partial charge in [0.25, 0.3) is 0 Å².